The Balaban J connectivity index is 2.56. The van der Waals surface area contributed by atoms with Gasteiger partial charge >= 0.3 is 0 Å². The van der Waals surface area contributed by atoms with Crippen molar-refractivity contribution in [3.05, 3.63) is 34.1 Å². The lowest BCUT2D eigenvalue weighted by Gasteiger charge is -2.20. The average molecular weight is 306 g/mol. The molecule has 1 unspecified atom stereocenters. The van der Waals surface area contributed by atoms with Crippen LogP contribution >= 0.6 is 15.9 Å². The summed E-state index contributed by atoms with van der Waals surface area (Å²) in [6.07, 6.45) is -0.530. The van der Waals surface area contributed by atoms with Gasteiger partial charge in [-0.05, 0) is 34.6 Å². The van der Waals surface area contributed by atoms with E-state index in [2.05, 4.69) is 15.9 Å². The first kappa shape index (κ1) is 14.6. The summed E-state index contributed by atoms with van der Waals surface area (Å²) in [6.45, 7) is 1.35. The molecule has 0 saturated heterocycles. The van der Waals surface area contributed by atoms with Crippen LogP contribution in [0.1, 0.15) is 5.56 Å². The van der Waals surface area contributed by atoms with Crippen LogP contribution in [0, 0.1) is 5.82 Å². The summed E-state index contributed by atoms with van der Waals surface area (Å²) < 4.78 is 18.6. The molecule has 0 aliphatic carbocycles. The maximum atomic E-state index is 13.3. The van der Waals surface area contributed by atoms with Crippen LogP contribution in [0.25, 0.3) is 0 Å². The highest BCUT2D eigenvalue weighted by atomic mass is 79.9. The van der Waals surface area contributed by atoms with Crippen LogP contribution in [0.15, 0.2) is 22.7 Å². The Labute approximate surface area is 109 Å². The van der Waals surface area contributed by atoms with Crippen molar-refractivity contribution >= 4 is 15.9 Å². The topological polar surface area (TPSA) is 32.7 Å². The third kappa shape index (κ3) is 4.71. The molecule has 0 aromatic heterocycles. The van der Waals surface area contributed by atoms with E-state index in [1.54, 1.807) is 13.2 Å². The molecule has 3 nitrogen and oxygen atoms in total. The Morgan fingerprint density at radius 3 is 2.88 bits per heavy atom. The zero-order chi connectivity index (χ0) is 12.8. The van der Waals surface area contributed by atoms with Crippen molar-refractivity contribution in [3.63, 3.8) is 0 Å². The van der Waals surface area contributed by atoms with Crippen molar-refractivity contribution in [1.29, 1.82) is 0 Å². The summed E-state index contributed by atoms with van der Waals surface area (Å²) in [5, 5.41) is 9.57. The van der Waals surface area contributed by atoms with Crippen LogP contribution < -0.4 is 0 Å². The summed E-state index contributed by atoms with van der Waals surface area (Å²) in [6, 6.07) is 4.94. The Morgan fingerprint density at radius 2 is 2.24 bits per heavy atom. The molecule has 1 atom stereocenters. The molecule has 0 saturated carbocycles. The van der Waals surface area contributed by atoms with Crippen molar-refractivity contribution in [3.8, 4) is 0 Å². The fraction of sp³-hybridized carbons (Fsp3) is 0.500. The van der Waals surface area contributed by atoms with Crippen molar-refractivity contribution in [2.45, 2.75) is 12.6 Å². The highest BCUT2D eigenvalue weighted by Gasteiger charge is 2.11. The second kappa shape index (κ2) is 7.06. The maximum Gasteiger partial charge on any atom is 0.137 e. The number of halogens is 2. The number of hydrogen-bond acceptors (Lipinski definition) is 3. The van der Waals surface area contributed by atoms with Crippen molar-refractivity contribution in [2.24, 2.45) is 0 Å². The van der Waals surface area contributed by atoms with Crippen LogP contribution in [0.3, 0.4) is 0 Å². The highest BCUT2D eigenvalue weighted by molar-refractivity contribution is 9.10. The molecule has 1 aromatic rings. The molecule has 5 heteroatoms. The molecule has 1 aromatic carbocycles. The molecule has 0 spiro atoms. The van der Waals surface area contributed by atoms with E-state index in [0.717, 1.165) is 5.56 Å². The van der Waals surface area contributed by atoms with Crippen molar-refractivity contribution < 1.29 is 14.2 Å². The van der Waals surface area contributed by atoms with Crippen molar-refractivity contribution in [2.75, 3.05) is 27.3 Å². The number of ether oxygens (including phenoxy) is 1. The van der Waals surface area contributed by atoms with E-state index in [-0.39, 0.29) is 5.82 Å². The number of methoxy groups -OCH3 is 1. The van der Waals surface area contributed by atoms with E-state index in [1.807, 2.05) is 18.0 Å². The fourth-order valence-corrected chi connectivity index (χ4v) is 2.02. The lowest BCUT2D eigenvalue weighted by molar-refractivity contribution is 0.0418. The number of aliphatic hydroxyl groups is 1. The number of nitrogens with zero attached hydrogens (tertiary/aromatic N) is 1. The van der Waals surface area contributed by atoms with Crippen LogP contribution in [-0.4, -0.2) is 43.4 Å². The lowest BCUT2D eigenvalue weighted by atomic mass is 10.2. The van der Waals surface area contributed by atoms with E-state index >= 15 is 0 Å². The Kier molecular flexibility index (Phi) is 6.05. The molecule has 1 rings (SSSR count). The predicted octanol–water partition coefficient (Wildman–Crippen LogP) is 2.03. The second-order valence-corrected chi connectivity index (χ2v) is 4.81. The van der Waals surface area contributed by atoms with Gasteiger partial charge in [-0.25, -0.2) is 4.39 Å². The number of hydrogen-bond donors (Lipinski definition) is 1. The van der Waals surface area contributed by atoms with Crippen LogP contribution in [0.2, 0.25) is 0 Å². The molecular formula is C12H17BrFNO2. The third-order valence-corrected chi connectivity index (χ3v) is 3.24. The van der Waals surface area contributed by atoms with Gasteiger partial charge < -0.3 is 9.84 Å². The van der Waals surface area contributed by atoms with Gasteiger partial charge in [0.1, 0.15) is 5.82 Å². The zero-order valence-electron chi connectivity index (χ0n) is 9.99. The largest absolute Gasteiger partial charge is 0.389 e. The monoisotopic (exact) mass is 305 g/mol. The van der Waals surface area contributed by atoms with E-state index in [1.165, 1.54) is 6.07 Å². The quantitative estimate of drug-likeness (QED) is 0.873. The molecule has 1 N–H and O–H groups in total. The summed E-state index contributed by atoms with van der Waals surface area (Å²) in [5.41, 5.74) is 0.858. The first-order chi connectivity index (χ1) is 8.04. The minimum Gasteiger partial charge on any atom is -0.389 e. The molecule has 0 heterocycles. The number of benzene rings is 1. The molecule has 0 aliphatic rings. The zero-order valence-corrected chi connectivity index (χ0v) is 11.6. The molecule has 0 amide bonds. The summed E-state index contributed by atoms with van der Waals surface area (Å²) in [4.78, 5) is 1.92. The van der Waals surface area contributed by atoms with Gasteiger partial charge in [-0.2, -0.15) is 0 Å². The SMILES string of the molecule is COCC(O)CN(C)Cc1cccc(F)c1Br. The van der Waals surface area contributed by atoms with Crippen LogP contribution in [0.5, 0.6) is 0 Å². The Hall–Kier alpha value is -0.490. The van der Waals surface area contributed by atoms with Gasteiger partial charge in [0.25, 0.3) is 0 Å². The number of likely N-dealkylation sites (N-methyl/N-ethyl adjacent to an activating group) is 1. The van der Waals surface area contributed by atoms with E-state index in [0.29, 0.717) is 24.2 Å². The standard InChI is InChI=1S/C12H17BrFNO2/c1-15(7-10(16)8-17-2)6-9-4-3-5-11(14)12(9)13/h3-5,10,16H,6-8H2,1-2H3. The van der Waals surface area contributed by atoms with E-state index < -0.39 is 6.10 Å². The summed E-state index contributed by atoms with van der Waals surface area (Å²) in [7, 11) is 3.42. The minimum absolute atomic E-state index is 0.270. The second-order valence-electron chi connectivity index (χ2n) is 4.02. The van der Waals surface area contributed by atoms with Gasteiger partial charge in [0.2, 0.25) is 0 Å². The van der Waals surface area contributed by atoms with Gasteiger partial charge in [0, 0.05) is 20.2 Å². The van der Waals surface area contributed by atoms with Crippen molar-refractivity contribution in [1.82, 2.24) is 4.90 Å². The first-order valence-corrected chi connectivity index (χ1v) is 6.12. The summed E-state index contributed by atoms with van der Waals surface area (Å²) >= 11 is 3.22. The molecule has 0 fully saturated rings. The van der Waals surface area contributed by atoms with Crippen LogP contribution in [0.4, 0.5) is 4.39 Å². The Morgan fingerprint density at radius 1 is 1.53 bits per heavy atom. The molecule has 17 heavy (non-hydrogen) atoms. The van der Waals surface area contributed by atoms with Gasteiger partial charge in [0.05, 0.1) is 17.2 Å². The lowest BCUT2D eigenvalue weighted by Crippen LogP contribution is -2.31. The summed E-state index contributed by atoms with van der Waals surface area (Å²) in [5.74, 6) is -0.270. The fourth-order valence-electron chi connectivity index (χ4n) is 1.63. The van der Waals surface area contributed by atoms with Gasteiger partial charge in [0.15, 0.2) is 0 Å². The average Bonchev–Trinajstić information content (AvgIpc) is 2.25. The van der Waals surface area contributed by atoms with E-state index in [4.69, 9.17) is 4.74 Å². The Bertz CT molecular complexity index is 362. The van der Waals surface area contributed by atoms with Gasteiger partial charge in [-0.1, -0.05) is 12.1 Å². The molecule has 0 bridgehead atoms. The third-order valence-electron chi connectivity index (χ3n) is 2.35. The molecule has 0 radical (unpaired) electrons. The number of rotatable bonds is 6. The minimum atomic E-state index is -0.530. The molecule has 0 aliphatic heterocycles. The molecule has 96 valence electrons. The smallest absolute Gasteiger partial charge is 0.137 e. The molecular weight excluding hydrogens is 289 g/mol. The van der Waals surface area contributed by atoms with E-state index in [9.17, 15) is 9.50 Å². The first-order valence-electron chi connectivity index (χ1n) is 5.33. The normalized spacial score (nSPS) is 13.1. The number of aliphatic hydroxyl groups excluding tert-OH is 1. The predicted molar refractivity (Wildman–Crippen MR) is 68.3 cm³/mol. The highest BCUT2D eigenvalue weighted by Crippen LogP contribution is 2.21. The van der Waals surface area contributed by atoms with Gasteiger partial charge in [-0.3, -0.25) is 4.90 Å². The van der Waals surface area contributed by atoms with Gasteiger partial charge in [-0.15, -0.1) is 0 Å². The maximum absolute atomic E-state index is 13.3. The van der Waals surface area contributed by atoms with Crippen LogP contribution in [-0.2, 0) is 11.3 Å².